The van der Waals surface area contributed by atoms with Crippen LogP contribution in [-0.2, 0) is 4.79 Å². The van der Waals surface area contributed by atoms with E-state index in [1.165, 1.54) is 5.01 Å². The van der Waals surface area contributed by atoms with E-state index in [1.807, 2.05) is 43.3 Å². The normalized spacial score (nSPS) is 15.7. The molecule has 3 rings (SSSR count). The summed E-state index contributed by atoms with van der Waals surface area (Å²) in [5.74, 6) is 2.65. The number of benzene rings is 2. The number of ether oxygens (including phenoxy) is 4. The van der Waals surface area contributed by atoms with Crippen molar-refractivity contribution in [1.29, 1.82) is 0 Å². The van der Waals surface area contributed by atoms with Gasteiger partial charge in [-0.2, -0.15) is 5.10 Å². The first-order valence-corrected chi connectivity index (χ1v) is 9.40. The van der Waals surface area contributed by atoms with Crippen molar-refractivity contribution in [1.82, 2.24) is 5.01 Å². The lowest BCUT2D eigenvalue weighted by Crippen LogP contribution is -2.26. The molecule has 0 unspecified atom stereocenters. The second-order valence-corrected chi connectivity index (χ2v) is 6.53. The Morgan fingerprint density at radius 2 is 1.62 bits per heavy atom. The van der Waals surface area contributed by atoms with E-state index in [1.54, 1.807) is 28.4 Å². The highest BCUT2D eigenvalue weighted by Gasteiger charge is 2.35. The quantitative estimate of drug-likeness (QED) is 0.709. The minimum Gasteiger partial charge on any atom is -0.497 e. The van der Waals surface area contributed by atoms with E-state index in [-0.39, 0.29) is 11.9 Å². The number of hydrazone groups is 1. The third-order valence-corrected chi connectivity index (χ3v) is 4.98. The van der Waals surface area contributed by atoms with E-state index in [2.05, 4.69) is 5.10 Å². The largest absolute Gasteiger partial charge is 0.497 e. The van der Waals surface area contributed by atoms with Crippen LogP contribution in [0, 0.1) is 0 Å². The molecule has 0 N–H and O–H groups in total. The van der Waals surface area contributed by atoms with Crippen LogP contribution >= 0.6 is 0 Å². The summed E-state index contributed by atoms with van der Waals surface area (Å²) in [6, 6.07) is 10.8. The first kappa shape index (κ1) is 20.5. The van der Waals surface area contributed by atoms with E-state index in [0.29, 0.717) is 35.8 Å². The molecule has 0 saturated carbocycles. The Labute approximate surface area is 170 Å². The highest BCUT2D eigenvalue weighted by Crippen LogP contribution is 2.41. The van der Waals surface area contributed by atoms with Crippen LogP contribution in [0.1, 0.15) is 36.9 Å². The first-order valence-electron chi connectivity index (χ1n) is 9.40. The highest BCUT2D eigenvalue weighted by molar-refractivity contribution is 6.05. The van der Waals surface area contributed by atoms with Crippen molar-refractivity contribution >= 4 is 11.6 Å². The van der Waals surface area contributed by atoms with E-state index >= 15 is 0 Å². The fraction of sp³-hybridized carbons (Fsp3) is 0.364. The second kappa shape index (κ2) is 8.86. The third kappa shape index (κ3) is 3.99. The third-order valence-electron chi connectivity index (χ3n) is 4.98. The lowest BCUT2D eigenvalue weighted by molar-refractivity contribution is -0.132. The molecular formula is C22H26N2O5. The molecule has 1 aliphatic heterocycles. The van der Waals surface area contributed by atoms with Crippen LogP contribution in [0.3, 0.4) is 0 Å². The zero-order valence-corrected chi connectivity index (χ0v) is 17.4. The van der Waals surface area contributed by atoms with Crippen LogP contribution in [0.5, 0.6) is 23.0 Å². The predicted octanol–water partition coefficient (Wildman–Crippen LogP) is 3.81. The lowest BCUT2D eigenvalue weighted by atomic mass is 9.96. The Balaban J connectivity index is 2.06. The molecule has 7 nitrogen and oxygen atoms in total. The van der Waals surface area contributed by atoms with Gasteiger partial charge in [0.25, 0.3) is 0 Å². The molecule has 2 aromatic rings. The molecule has 29 heavy (non-hydrogen) atoms. The maximum Gasteiger partial charge on any atom is 0.242 e. The number of methoxy groups -OCH3 is 4. The summed E-state index contributed by atoms with van der Waals surface area (Å²) in [5, 5.41) is 6.20. The van der Waals surface area contributed by atoms with Gasteiger partial charge < -0.3 is 18.9 Å². The van der Waals surface area contributed by atoms with E-state index in [9.17, 15) is 4.79 Å². The van der Waals surface area contributed by atoms with Crippen molar-refractivity contribution in [3.8, 4) is 23.0 Å². The molecule has 2 aromatic carbocycles. The van der Waals surface area contributed by atoms with Gasteiger partial charge in [-0.15, -0.1) is 0 Å². The van der Waals surface area contributed by atoms with Gasteiger partial charge in [-0.25, -0.2) is 5.01 Å². The Hall–Kier alpha value is -3.22. The van der Waals surface area contributed by atoms with E-state index < -0.39 is 0 Å². The molecule has 1 heterocycles. The maximum atomic E-state index is 12.7. The van der Waals surface area contributed by atoms with Crippen LogP contribution in [-0.4, -0.2) is 45.1 Å². The van der Waals surface area contributed by atoms with Crippen LogP contribution in [0.15, 0.2) is 41.5 Å². The average Bonchev–Trinajstić information content (AvgIpc) is 3.22. The van der Waals surface area contributed by atoms with Crippen molar-refractivity contribution in [3.05, 3.63) is 47.5 Å². The molecule has 0 bridgehead atoms. The lowest BCUT2D eigenvalue weighted by Gasteiger charge is -2.23. The number of hydrogen-bond acceptors (Lipinski definition) is 6. The molecule has 0 saturated heterocycles. The molecule has 1 atom stereocenters. The van der Waals surface area contributed by atoms with Crippen LogP contribution < -0.4 is 18.9 Å². The monoisotopic (exact) mass is 398 g/mol. The fourth-order valence-electron chi connectivity index (χ4n) is 3.44. The van der Waals surface area contributed by atoms with Gasteiger partial charge in [0.1, 0.15) is 23.0 Å². The van der Waals surface area contributed by atoms with Crippen LogP contribution in [0.4, 0.5) is 0 Å². The van der Waals surface area contributed by atoms with Gasteiger partial charge in [-0.1, -0.05) is 6.92 Å². The van der Waals surface area contributed by atoms with Crippen molar-refractivity contribution in [3.63, 3.8) is 0 Å². The SMILES string of the molecule is CCC(=O)N1N=C(c2ccc(OC)cc2OC)C[C@@H]1c1cc(OC)ccc1OC. The first-order chi connectivity index (χ1) is 14.1. The van der Waals surface area contributed by atoms with E-state index in [4.69, 9.17) is 18.9 Å². The molecule has 0 radical (unpaired) electrons. The van der Waals surface area contributed by atoms with Gasteiger partial charge in [-0.3, -0.25) is 4.79 Å². The number of hydrogen-bond donors (Lipinski definition) is 0. The molecule has 0 aliphatic carbocycles. The summed E-state index contributed by atoms with van der Waals surface area (Å²) in [7, 11) is 6.43. The summed E-state index contributed by atoms with van der Waals surface area (Å²) in [6.45, 7) is 1.82. The van der Waals surface area contributed by atoms with Crippen LogP contribution in [0.2, 0.25) is 0 Å². The molecule has 0 spiro atoms. The Bertz CT molecular complexity index is 925. The minimum atomic E-state index is -0.297. The predicted molar refractivity (Wildman–Crippen MR) is 110 cm³/mol. The number of carbonyl (C=O) groups excluding carboxylic acids is 1. The van der Waals surface area contributed by atoms with Gasteiger partial charge >= 0.3 is 0 Å². The second-order valence-electron chi connectivity index (χ2n) is 6.53. The van der Waals surface area contributed by atoms with Gasteiger partial charge in [-0.05, 0) is 30.3 Å². The number of nitrogens with zero attached hydrogens (tertiary/aromatic N) is 2. The minimum absolute atomic E-state index is 0.0673. The molecular weight excluding hydrogens is 372 g/mol. The maximum absolute atomic E-state index is 12.7. The van der Waals surface area contributed by atoms with Crippen molar-refractivity contribution < 1.29 is 23.7 Å². The summed E-state index contributed by atoms with van der Waals surface area (Å²) in [5.41, 5.74) is 2.44. The number of rotatable bonds is 7. The van der Waals surface area contributed by atoms with Gasteiger partial charge in [0.2, 0.25) is 5.91 Å². The summed E-state index contributed by atoms with van der Waals surface area (Å²) >= 11 is 0. The van der Waals surface area contributed by atoms with E-state index in [0.717, 1.165) is 16.8 Å². The highest BCUT2D eigenvalue weighted by atomic mass is 16.5. The van der Waals surface area contributed by atoms with Crippen molar-refractivity contribution in [2.45, 2.75) is 25.8 Å². The summed E-state index contributed by atoms with van der Waals surface area (Å²) in [6.07, 6.45) is 0.872. The van der Waals surface area contributed by atoms with Gasteiger partial charge in [0, 0.05) is 30.0 Å². The topological polar surface area (TPSA) is 69.6 Å². The molecule has 7 heteroatoms. The fourth-order valence-corrected chi connectivity index (χ4v) is 3.44. The Morgan fingerprint density at radius 3 is 2.24 bits per heavy atom. The number of carbonyl (C=O) groups is 1. The molecule has 0 aromatic heterocycles. The standard InChI is InChI=1S/C22H26N2O5/c1-6-22(25)24-19(17-11-14(26-2)8-10-20(17)28-4)13-18(23-24)16-9-7-15(27-3)12-21(16)29-5/h7-12,19H,6,13H2,1-5H3/t19-/m1/s1. The molecule has 1 amide bonds. The Morgan fingerprint density at radius 1 is 0.966 bits per heavy atom. The number of amides is 1. The smallest absolute Gasteiger partial charge is 0.242 e. The van der Waals surface area contributed by atoms with Gasteiger partial charge in [0.15, 0.2) is 0 Å². The van der Waals surface area contributed by atoms with Crippen LogP contribution in [0.25, 0.3) is 0 Å². The zero-order valence-electron chi connectivity index (χ0n) is 17.4. The average molecular weight is 398 g/mol. The van der Waals surface area contributed by atoms with Crippen molar-refractivity contribution in [2.24, 2.45) is 5.10 Å². The molecule has 154 valence electrons. The Kier molecular flexibility index (Phi) is 6.26. The summed E-state index contributed by atoms with van der Waals surface area (Å²) in [4.78, 5) is 12.7. The molecule has 1 aliphatic rings. The molecule has 0 fully saturated rings. The summed E-state index contributed by atoms with van der Waals surface area (Å²) < 4.78 is 21.7. The van der Waals surface area contributed by atoms with Gasteiger partial charge in [0.05, 0.1) is 40.2 Å². The van der Waals surface area contributed by atoms with Crippen molar-refractivity contribution in [2.75, 3.05) is 28.4 Å². The zero-order chi connectivity index (χ0) is 21.0.